The zero-order chi connectivity index (χ0) is 15.6. The van der Waals surface area contributed by atoms with Crippen LogP contribution in [0.1, 0.15) is 10.6 Å². The number of thiazole rings is 1. The lowest BCUT2D eigenvalue weighted by Gasteiger charge is -2.03. The van der Waals surface area contributed by atoms with Gasteiger partial charge in [0.25, 0.3) is 0 Å². The Morgan fingerprint density at radius 2 is 2.00 bits per heavy atom. The van der Waals surface area contributed by atoms with Gasteiger partial charge in [0.1, 0.15) is 0 Å². The van der Waals surface area contributed by atoms with Gasteiger partial charge in [0.15, 0.2) is 5.13 Å². The second-order valence-electron chi connectivity index (χ2n) is 4.29. The molecule has 2 aromatic rings. The molecule has 9 heteroatoms. The van der Waals surface area contributed by atoms with Crippen molar-refractivity contribution >= 4 is 38.1 Å². The van der Waals surface area contributed by atoms with Gasteiger partial charge >= 0.3 is 5.97 Å². The van der Waals surface area contributed by atoms with Gasteiger partial charge in [-0.1, -0.05) is 0 Å². The topological polar surface area (TPSA) is 122 Å². The van der Waals surface area contributed by atoms with Crippen molar-refractivity contribution in [3.63, 3.8) is 0 Å². The van der Waals surface area contributed by atoms with Crippen molar-refractivity contribution in [3.8, 4) is 0 Å². The molecular formula is C12H13N3O4S2. The molecule has 7 nitrogen and oxygen atoms in total. The standard InChI is InChI=1S/C12H13N3O4S2/c1-7-10(6-11(16)17)20-12(14-7)15-8-2-4-9(5-3-8)21(13,18)19/h2-5H,6H2,1H3,(H,14,15)(H,16,17)(H2,13,18,19). The van der Waals surface area contributed by atoms with Crippen LogP contribution in [0.3, 0.4) is 0 Å². The average Bonchev–Trinajstić information content (AvgIpc) is 2.68. The summed E-state index contributed by atoms with van der Waals surface area (Å²) in [6.07, 6.45) is -0.0739. The molecular weight excluding hydrogens is 314 g/mol. The summed E-state index contributed by atoms with van der Waals surface area (Å²) in [6, 6.07) is 5.90. The van der Waals surface area contributed by atoms with Crippen LogP contribution >= 0.6 is 11.3 Å². The molecule has 0 spiro atoms. The van der Waals surface area contributed by atoms with Crippen molar-refractivity contribution in [3.05, 3.63) is 34.8 Å². The number of carboxylic acid groups (broad SMARTS) is 1. The van der Waals surface area contributed by atoms with E-state index in [1.807, 2.05) is 0 Å². The number of hydrogen-bond acceptors (Lipinski definition) is 6. The second kappa shape index (κ2) is 5.80. The van der Waals surface area contributed by atoms with Crippen molar-refractivity contribution in [2.45, 2.75) is 18.2 Å². The summed E-state index contributed by atoms with van der Waals surface area (Å²) in [5.74, 6) is -0.911. The van der Waals surface area contributed by atoms with E-state index in [0.717, 1.165) is 0 Å². The molecule has 0 unspecified atom stereocenters. The van der Waals surface area contributed by atoms with Crippen molar-refractivity contribution in [1.29, 1.82) is 0 Å². The summed E-state index contributed by atoms with van der Waals surface area (Å²) in [5.41, 5.74) is 1.30. The molecule has 0 radical (unpaired) electrons. The van der Waals surface area contributed by atoms with Gasteiger partial charge in [0.05, 0.1) is 17.0 Å². The van der Waals surface area contributed by atoms with E-state index in [9.17, 15) is 13.2 Å². The Morgan fingerprint density at radius 3 is 2.52 bits per heavy atom. The van der Waals surface area contributed by atoms with Crippen molar-refractivity contribution in [1.82, 2.24) is 4.98 Å². The van der Waals surface area contributed by atoms with Crippen molar-refractivity contribution in [2.24, 2.45) is 5.14 Å². The molecule has 0 atom stereocenters. The van der Waals surface area contributed by atoms with Crippen LogP contribution in [0, 0.1) is 6.92 Å². The zero-order valence-electron chi connectivity index (χ0n) is 11.0. The maximum absolute atomic E-state index is 11.1. The lowest BCUT2D eigenvalue weighted by atomic mass is 10.3. The Morgan fingerprint density at radius 1 is 1.38 bits per heavy atom. The first kappa shape index (κ1) is 15.4. The Kier molecular flexibility index (Phi) is 4.26. The molecule has 112 valence electrons. The van der Waals surface area contributed by atoms with Crippen molar-refractivity contribution < 1.29 is 18.3 Å². The van der Waals surface area contributed by atoms with Crippen LogP contribution in [-0.2, 0) is 21.2 Å². The van der Waals surface area contributed by atoms with Crippen LogP contribution in [0.15, 0.2) is 29.2 Å². The lowest BCUT2D eigenvalue weighted by molar-refractivity contribution is -0.136. The molecule has 2 rings (SSSR count). The van der Waals surface area contributed by atoms with Crippen LogP contribution in [0.2, 0.25) is 0 Å². The minimum Gasteiger partial charge on any atom is -0.481 e. The number of hydrogen-bond donors (Lipinski definition) is 3. The lowest BCUT2D eigenvalue weighted by Crippen LogP contribution is -2.11. The summed E-state index contributed by atoms with van der Waals surface area (Å²) in [6.45, 7) is 1.74. The van der Waals surface area contributed by atoms with Crippen LogP contribution in [0.4, 0.5) is 10.8 Å². The number of nitrogens with zero attached hydrogens (tertiary/aromatic N) is 1. The molecule has 4 N–H and O–H groups in total. The number of aliphatic carboxylic acids is 1. The number of rotatable bonds is 5. The maximum Gasteiger partial charge on any atom is 0.308 e. The minimum atomic E-state index is -3.71. The molecule has 0 amide bonds. The Balaban J connectivity index is 2.17. The average molecular weight is 327 g/mol. The second-order valence-corrected chi connectivity index (χ2v) is 6.94. The van der Waals surface area contributed by atoms with Crippen LogP contribution in [0.25, 0.3) is 0 Å². The fourth-order valence-electron chi connectivity index (χ4n) is 1.63. The maximum atomic E-state index is 11.1. The molecule has 1 heterocycles. The first-order valence-corrected chi connectivity index (χ1v) is 8.20. The number of sulfonamides is 1. The van der Waals surface area contributed by atoms with E-state index < -0.39 is 16.0 Å². The third-order valence-corrected chi connectivity index (χ3v) is 4.64. The number of carbonyl (C=O) groups is 1. The molecule has 0 aliphatic heterocycles. The highest BCUT2D eigenvalue weighted by Crippen LogP contribution is 2.26. The first-order chi connectivity index (χ1) is 9.75. The molecule has 0 saturated heterocycles. The van der Waals surface area contributed by atoms with E-state index in [4.69, 9.17) is 10.2 Å². The number of aryl methyl sites for hydroxylation is 1. The highest BCUT2D eigenvalue weighted by molar-refractivity contribution is 7.89. The monoisotopic (exact) mass is 327 g/mol. The summed E-state index contributed by atoms with van der Waals surface area (Å²) in [4.78, 5) is 15.6. The van der Waals surface area contributed by atoms with E-state index >= 15 is 0 Å². The van der Waals surface area contributed by atoms with Crippen LogP contribution in [-0.4, -0.2) is 24.5 Å². The third-order valence-electron chi connectivity index (χ3n) is 2.64. The minimum absolute atomic E-state index is 0.0231. The van der Waals surface area contributed by atoms with E-state index in [-0.39, 0.29) is 11.3 Å². The number of nitrogens with one attached hydrogen (secondary N) is 1. The number of aromatic nitrogens is 1. The molecule has 21 heavy (non-hydrogen) atoms. The molecule has 0 fully saturated rings. The summed E-state index contributed by atoms with van der Waals surface area (Å²) in [5, 5.41) is 17.3. The van der Waals surface area contributed by atoms with E-state index in [0.29, 0.717) is 21.4 Å². The zero-order valence-corrected chi connectivity index (χ0v) is 12.7. The van der Waals surface area contributed by atoms with Gasteiger partial charge in [-0.2, -0.15) is 0 Å². The Bertz CT molecular complexity index is 766. The van der Waals surface area contributed by atoms with Gasteiger partial charge in [0, 0.05) is 10.6 Å². The number of primary sulfonamides is 1. The predicted octanol–water partition coefficient (Wildman–Crippen LogP) is 1.47. The van der Waals surface area contributed by atoms with E-state index in [1.54, 1.807) is 19.1 Å². The van der Waals surface area contributed by atoms with Gasteiger partial charge in [-0.3, -0.25) is 4.79 Å². The van der Waals surface area contributed by atoms with Gasteiger partial charge < -0.3 is 10.4 Å². The van der Waals surface area contributed by atoms with Crippen molar-refractivity contribution in [2.75, 3.05) is 5.32 Å². The molecule has 0 aliphatic carbocycles. The van der Waals surface area contributed by atoms with Gasteiger partial charge in [-0.25, -0.2) is 18.5 Å². The Hall–Kier alpha value is -1.97. The summed E-state index contributed by atoms with van der Waals surface area (Å²) in [7, 11) is -3.71. The van der Waals surface area contributed by atoms with Gasteiger partial charge in [-0.05, 0) is 31.2 Å². The van der Waals surface area contributed by atoms with E-state index in [1.165, 1.54) is 23.5 Å². The third kappa shape index (κ3) is 4.00. The summed E-state index contributed by atoms with van der Waals surface area (Å²) >= 11 is 1.25. The molecule has 0 bridgehead atoms. The van der Waals surface area contributed by atoms with Gasteiger partial charge in [-0.15, -0.1) is 11.3 Å². The number of nitrogens with two attached hydrogens (primary N) is 1. The van der Waals surface area contributed by atoms with E-state index in [2.05, 4.69) is 10.3 Å². The number of anilines is 2. The van der Waals surface area contributed by atoms with Gasteiger partial charge in [0.2, 0.25) is 10.0 Å². The van der Waals surface area contributed by atoms with Crippen LogP contribution in [0.5, 0.6) is 0 Å². The highest BCUT2D eigenvalue weighted by atomic mass is 32.2. The largest absolute Gasteiger partial charge is 0.481 e. The fraction of sp³-hybridized carbons (Fsp3) is 0.167. The summed E-state index contributed by atoms with van der Waals surface area (Å²) < 4.78 is 22.3. The SMILES string of the molecule is Cc1nc(Nc2ccc(S(N)(=O)=O)cc2)sc1CC(=O)O. The molecule has 1 aromatic heterocycles. The smallest absolute Gasteiger partial charge is 0.308 e. The first-order valence-electron chi connectivity index (χ1n) is 5.83. The number of carboxylic acids is 1. The quantitative estimate of drug-likeness (QED) is 0.764. The number of benzene rings is 1. The highest BCUT2D eigenvalue weighted by Gasteiger charge is 2.12. The fourth-order valence-corrected chi connectivity index (χ4v) is 3.12. The normalized spacial score (nSPS) is 11.3. The molecule has 0 saturated carbocycles. The molecule has 0 aliphatic rings. The van der Waals surface area contributed by atoms with Crippen LogP contribution < -0.4 is 10.5 Å². The predicted molar refractivity (Wildman–Crippen MR) is 79.3 cm³/mol. The Labute approximate surface area is 125 Å². The molecule has 1 aromatic carbocycles.